The van der Waals surface area contributed by atoms with Crippen molar-refractivity contribution in [2.45, 2.75) is 43.5 Å². The van der Waals surface area contributed by atoms with Gasteiger partial charge in [-0.25, -0.2) is 8.42 Å². The Kier molecular flexibility index (Phi) is 6.18. The number of pyridine rings is 1. The molecule has 0 radical (unpaired) electrons. The van der Waals surface area contributed by atoms with E-state index in [1.807, 2.05) is 6.92 Å². The molecule has 3 aromatic rings. The minimum absolute atomic E-state index is 0.0131. The highest BCUT2D eigenvalue weighted by Gasteiger charge is 2.21. The lowest BCUT2D eigenvalue weighted by molar-refractivity contribution is 0.0939. The van der Waals surface area contributed by atoms with Gasteiger partial charge in [-0.2, -0.15) is 0 Å². The molecule has 0 atom stereocenters. The van der Waals surface area contributed by atoms with Gasteiger partial charge in [0.05, 0.1) is 17.1 Å². The molecular formula is C23H25N3O5S. The third kappa shape index (κ3) is 4.77. The summed E-state index contributed by atoms with van der Waals surface area (Å²) in [6, 6.07) is 12.2. The van der Waals surface area contributed by atoms with Crippen molar-refractivity contribution in [1.29, 1.82) is 0 Å². The van der Waals surface area contributed by atoms with Gasteiger partial charge in [0.1, 0.15) is 5.75 Å². The van der Waals surface area contributed by atoms with E-state index in [2.05, 4.69) is 15.0 Å². The molecule has 0 saturated heterocycles. The predicted molar refractivity (Wildman–Crippen MR) is 123 cm³/mol. The molecule has 1 amide bonds. The van der Waals surface area contributed by atoms with Gasteiger partial charge in [-0.15, -0.1) is 0 Å². The average molecular weight is 456 g/mol. The van der Waals surface area contributed by atoms with Crippen LogP contribution in [0.15, 0.2) is 58.2 Å². The van der Waals surface area contributed by atoms with Crippen molar-refractivity contribution in [2.24, 2.45) is 0 Å². The molecule has 9 heteroatoms. The molecule has 1 heterocycles. The summed E-state index contributed by atoms with van der Waals surface area (Å²) in [7, 11) is -3.92. The van der Waals surface area contributed by atoms with Gasteiger partial charge in [0.15, 0.2) is 0 Å². The largest absolute Gasteiger partial charge is 0.494 e. The van der Waals surface area contributed by atoms with E-state index >= 15 is 0 Å². The van der Waals surface area contributed by atoms with E-state index in [4.69, 9.17) is 4.74 Å². The number of sulfonamides is 1. The van der Waals surface area contributed by atoms with Gasteiger partial charge in [-0.05, 0) is 62.2 Å². The second kappa shape index (κ2) is 9.04. The highest BCUT2D eigenvalue weighted by Crippen LogP contribution is 2.24. The number of fused-ring (bicyclic) bond motifs is 1. The van der Waals surface area contributed by atoms with Gasteiger partial charge < -0.3 is 15.0 Å². The number of anilines is 1. The number of hydrogen-bond acceptors (Lipinski definition) is 5. The van der Waals surface area contributed by atoms with Crippen LogP contribution in [-0.2, 0) is 10.0 Å². The number of hydrogen-bond donors (Lipinski definition) is 3. The first-order valence-corrected chi connectivity index (χ1v) is 12.1. The van der Waals surface area contributed by atoms with Crippen molar-refractivity contribution in [3.63, 3.8) is 0 Å². The number of carbonyl (C=O) groups excluding carboxylic acids is 1. The Hall–Kier alpha value is -3.33. The molecule has 0 aliphatic heterocycles. The van der Waals surface area contributed by atoms with E-state index in [9.17, 15) is 18.0 Å². The first-order chi connectivity index (χ1) is 15.4. The Morgan fingerprint density at radius 3 is 2.50 bits per heavy atom. The number of rotatable bonds is 7. The second-order valence-corrected chi connectivity index (χ2v) is 9.45. The lowest BCUT2D eigenvalue weighted by Crippen LogP contribution is -2.33. The minimum atomic E-state index is -3.92. The van der Waals surface area contributed by atoms with Crippen molar-refractivity contribution in [3.8, 4) is 5.75 Å². The SMILES string of the molecule is CCOc1ccc(NS(=O)(=O)c2ccc3[nH]c(=O)cc(C(=O)NC4CCCC4)c3c2)cc1. The Labute approximate surface area is 186 Å². The monoisotopic (exact) mass is 455 g/mol. The summed E-state index contributed by atoms with van der Waals surface area (Å²) in [5, 5.41) is 3.33. The van der Waals surface area contributed by atoms with E-state index in [0.29, 0.717) is 28.9 Å². The molecule has 8 nitrogen and oxygen atoms in total. The highest BCUT2D eigenvalue weighted by molar-refractivity contribution is 7.92. The molecular weight excluding hydrogens is 430 g/mol. The molecule has 32 heavy (non-hydrogen) atoms. The Morgan fingerprint density at radius 2 is 1.81 bits per heavy atom. The summed E-state index contributed by atoms with van der Waals surface area (Å²) in [5.74, 6) is 0.269. The number of carbonyl (C=O) groups is 1. The fourth-order valence-corrected chi connectivity index (χ4v) is 5.01. The molecule has 0 unspecified atom stereocenters. The van der Waals surface area contributed by atoms with Crippen LogP contribution in [0.2, 0.25) is 0 Å². The number of H-pyrrole nitrogens is 1. The molecule has 0 bridgehead atoms. The Morgan fingerprint density at radius 1 is 1.09 bits per heavy atom. The zero-order valence-corrected chi connectivity index (χ0v) is 18.5. The van der Waals surface area contributed by atoms with Crippen LogP contribution in [0, 0.1) is 0 Å². The zero-order chi connectivity index (χ0) is 22.7. The van der Waals surface area contributed by atoms with Gasteiger partial charge in [-0.3, -0.25) is 14.3 Å². The second-order valence-electron chi connectivity index (χ2n) is 7.77. The smallest absolute Gasteiger partial charge is 0.261 e. The summed E-state index contributed by atoms with van der Waals surface area (Å²) in [5.41, 5.74) is 0.522. The number of ether oxygens (including phenoxy) is 1. The Bertz CT molecular complexity index is 1290. The normalized spacial score (nSPS) is 14.4. The van der Waals surface area contributed by atoms with Gasteiger partial charge in [0, 0.05) is 28.7 Å². The van der Waals surface area contributed by atoms with E-state index in [0.717, 1.165) is 25.7 Å². The van der Waals surface area contributed by atoms with Crippen LogP contribution in [0.25, 0.3) is 10.9 Å². The molecule has 3 N–H and O–H groups in total. The number of aromatic nitrogens is 1. The van der Waals surface area contributed by atoms with Crippen molar-refractivity contribution in [2.75, 3.05) is 11.3 Å². The zero-order valence-electron chi connectivity index (χ0n) is 17.7. The molecule has 1 aliphatic rings. The van der Waals surface area contributed by atoms with Crippen LogP contribution in [0.3, 0.4) is 0 Å². The van der Waals surface area contributed by atoms with Crippen molar-refractivity contribution in [3.05, 3.63) is 64.4 Å². The van der Waals surface area contributed by atoms with Gasteiger partial charge in [0.2, 0.25) is 5.56 Å². The van der Waals surface area contributed by atoms with Crippen LogP contribution in [0.4, 0.5) is 5.69 Å². The maximum absolute atomic E-state index is 13.0. The average Bonchev–Trinajstić information content (AvgIpc) is 3.27. The first-order valence-electron chi connectivity index (χ1n) is 10.6. The molecule has 1 aliphatic carbocycles. The predicted octanol–water partition coefficient (Wildman–Crippen LogP) is 3.40. The number of nitrogens with one attached hydrogen (secondary N) is 3. The number of aromatic amines is 1. The maximum Gasteiger partial charge on any atom is 0.261 e. The molecule has 2 aromatic carbocycles. The fourth-order valence-electron chi connectivity index (χ4n) is 3.92. The standard InChI is InChI=1S/C23H25N3O5S/c1-2-31-17-9-7-16(8-10-17)26-32(29,30)18-11-12-21-19(13-18)20(14-22(27)25-21)23(28)24-15-5-3-4-6-15/h7-15,26H,2-6H2,1H3,(H,24,28)(H,25,27). The lowest BCUT2D eigenvalue weighted by atomic mass is 10.1. The number of benzene rings is 2. The first kappa shape index (κ1) is 21.9. The molecule has 1 aromatic heterocycles. The topological polar surface area (TPSA) is 117 Å². The summed E-state index contributed by atoms with van der Waals surface area (Å²) < 4.78 is 33.8. The minimum Gasteiger partial charge on any atom is -0.494 e. The summed E-state index contributed by atoms with van der Waals surface area (Å²) in [4.78, 5) is 27.6. The van der Waals surface area contributed by atoms with Crippen molar-refractivity contribution < 1.29 is 17.9 Å². The van der Waals surface area contributed by atoms with Crippen molar-refractivity contribution >= 4 is 32.5 Å². The van der Waals surface area contributed by atoms with E-state index < -0.39 is 15.6 Å². The molecule has 0 spiro atoms. The molecule has 1 saturated carbocycles. The quantitative estimate of drug-likeness (QED) is 0.505. The van der Waals surface area contributed by atoms with Crippen LogP contribution in [-0.4, -0.2) is 32.0 Å². The summed E-state index contributed by atoms with van der Waals surface area (Å²) in [6.45, 7) is 2.38. The number of amides is 1. The fraction of sp³-hybridized carbons (Fsp3) is 0.304. The van der Waals surface area contributed by atoms with E-state index in [1.54, 1.807) is 24.3 Å². The molecule has 4 rings (SSSR count). The van der Waals surface area contributed by atoms with Gasteiger partial charge in [-0.1, -0.05) is 12.8 Å². The highest BCUT2D eigenvalue weighted by atomic mass is 32.2. The third-order valence-electron chi connectivity index (χ3n) is 5.48. The van der Waals surface area contributed by atoms with Crippen LogP contribution >= 0.6 is 0 Å². The Balaban J connectivity index is 1.66. The van der Waals surface area contributed by atoms with Crippen LogP contribution < -0.4 is 20.3 Å². The molecule has 1 fully saturated rings. The summed E-state index contributed by atoms with van der Waals surface area (Å²) >= 11 is 0. The van der Waals surface area contributed by atoms with Crippen molar-refractivity contribution in [1.82, 2.24) is 10.3 Å². The van der Waals surface area contributed by atoms with Gasteiger partial charge >= 0.3 is 0 Å². The van der Waals surface area contributed by atoms with Gasteiger partial charge in [0.25, 0.3) is 15.9 Å². The van der Waals surface area contributed by atoms with Crippen LogP contribution in [0.1, 0.15) is 43.0 Å². The lowest BCUT2D eigenvalue weighted by Gasteiger charge is -2.14. The van der Waals surface area contributed by atoms with E-state index in [-0.39, 0.29) is 22.4 Å². The van der Waals surface area contributed by atoms with Crippen LogP contribution in [0.5, 0.6) is 5.75 Å². The van der Waals surface area contributed by atoms with E-state index in [1.165, 1.54) is 24.3 Å². The molecule has 168 valence electrons. The third-order valence-corrected chi connectivity index (χ3v) is 6.86. The maximum atomic E-state index is 13.0. The summed E-state index contributed by atoms with van der Waals surface area (Å²) in [6.07, 6.45) is 3.92.